The number of methoxy groups -OCH3 is 1. The van der Waals surface area contributed by atoms with Gasteiger partial charge in [0, 0.05) is 32.9 Å². The van der Waals surface area contributed by atoms with E-state index in [2.05, 4.69) is 52.7 Å². The molecule has 30 heavy (non-hydrogen) atoms. The standard InChI is InChI=1S/C26H38N2O2/c1-23(29)27-26-17-15-25(16-18-26)22-28(20-10-5-11-21-30-2)19-9-4-8-14-24-12-6-3-7-13-24/h3,6-7,12-13,15-18H,4-5,8-11,14,19-22H2,1-2H3,(H,27,29). The third kappa shape index (κ3) is 10.6. The van der Waals surface area contributed by atoms with Crippen molar-refractivity contribution < 1.29 is 9.53 Å². The Labute approximate surface area is 182 Å². The first-order valence-corrected chi connectivity index (χ1v) is 11.3. The van der Waals surface area contributed by atoms with Crippen LogP contribution >= 0.6 is 0 Å². The normalized spacial score (nSPS) is 11.0. The summed E-state index contributed by atoms with van der Waals surface area (Å²) >= 11 is 0. The SMILES string of the molecule is COCCCCCN(CCCCCc1ccccc1)Cc1ccc(NC(C)=O)cc1. The molecule has 0 aromatic heterocycles. The average Bonchev–Trinajstić information content (AvgIpc) is 2.75. The van der Waals surface area contributed by atoms with Gasteiger partial charge in [0.15, 0.2) is 0 Å². The first kappa shape index (κ1) is 24.1. The molecule has 0 bridgehead atoms. The van der Waals surface area contributed by atoms with E-state index < -0.39 is 0 Å². The summed E-state index contributed by atoms with van der Waals surface area (Å²) in [7, 11) is 1.77. The highest BCUT2D eigenvalue weighted by molar-refractivity contribution is 5.88. The molecule has 2 rings (SSSR count). The summed E-state index contributed by atoms with van der Waals surface area (Å²) in [4.78, 5) is 13.8. The highest BCUT2D eigenvalue weighted by Gasteiger charge is 2.07. The maximum Gasteiger partial charge on any atom is 0.221 e. The van der Waals surface area contributed by atoms with Crippen LogP contribution in [0.2, 0.25) is 0 Å². The smallest absolute Gasteiger partial charge is 0.221 e. The van der Waals surface area contributed by atoms with Gasteiger partial charge in [0.05, 0.1) is 0 Å². The van der Waals surface area contributed by atoms with Crippen LogP contribution < -0.4 is 5.32 Å². The molecule has 0 atom stereocenters. The second-order valence-corrected chi connectivity index (χ2v) is 8.00. The van der Waals surface area contributed by atoms with Gasteiger partial charge in [-0.2, -0.15) is 0 Å². The number of benzene rings is 2. The van der Waals surface area contributed by atoms with Crippen LogP contribution in [0.15, 0.2) is 54.6 Å². The third-order valence-corrected chi connectivity index (χ3v) is 5.29. The zero-order chi connectivity index (χ0) is 21.4. The van der Waals surface area contributed by atoms with Gasteiger partial charge in [-0.1, -0.05) is 48.9 Å². The molecule has 4 heteroatoms. The molecule has 0 aliphatic carbocycles. The van der Waals surface area contributed by atoms with Gasteiger partial charge in [-0.15, -0.1) is 0 Å². The number of carbonyl (C=O) groups excluding carboxylic acids is 1. The number of hydrogen-bond acceptors (Lipinski definition) is 3. The van der Waals surface area contributed by atoms with Gasteiger partial charge >= 0.3 is 0 Å². The van der Waals surface area contributed by atoms with Crippen LogP contribution in [0.4, 0.5) is 5.69 Å². The Morgan fingerprint density at radius 1 is 0.833 bits per heavy atom. The predicted octanol–water partition coefficient (Wildman–Crippen LogP) is 5.68. The lowest BCUT2D eigenvalue weighted by atomic mass is 10.1. The van der Waals surface area contributed by atoms with Crippen molar-refractivity contribution in [1.29, 1.82) is 0 Å². The highest BCUT2D eigenvalue weighted by atomic mass is 16.5. The minimum absolute atomic E-state index is 0.0315. The van der Waals surface area contributed by atoms with E-state index in [4.69, 9.17) is 4.74 Å². The van der Waals surface area contributed by atoms with Gasteiger partial charge in [0.25, 0.3) is 0 Å². The summed E-state index contributed by atoms with van der Waals surface area (Å²) < 4.78 is 5.17. The van der Waals surface area contributed by atoms with E-state index in [9.17, 15) is 4.79 Å². The maximum absolute atomic E-state index is 11.2. The highest BCUT2D eigenvalue weighted by Crippen LogP contribution is 2.14. The minimum atomic E-state index is -0.0315. The van der Waals surface area contributed by atoms with Gasteiger partial charge in [0.1, 0.15) is 0 Å². The number of amides is 1. The fraction of sp³-hybridized carbons (Fsp3) is 0.500. The van der Waals surface area contributed by atoms with E-state index in [1.165, 1.54) is 56.6 Å². The molecule has 0 spiro atoms. The quantitative estimate of drug-likeness (QED) is 0.384. The summed E-state index contributed by atoms with van der Waals surface area (Å²) in [6, 6.07) is 19.0. The summed E-state index contributed by atoms with van der Waals surface area (Å²) in [5.41, 5.74) is 3.59. The summed E-state index contributed by atoms with van der Waals surface area (Å²) in [6.45, 7) is 5.60. The third-order valence-electron chi connectivity index (χ3n) is 5.29. The molecule has 0 radical (unpaired) electrons. The average molecular weight is 411 g/mol. The van der Waals surface area contributed by atoms with Crippen molar-refractivity contribution in [3.63, 3.8) is 0 Å². The zero-order valence-corrected chi connectivity index (χ0v) is 18.7. The van der Waals surface area contributed by atoms with Crippen molar-refractivity contribution in [2.45, 2.75) is 58.4 Å². The topological polar surface area (TPSA) is 41.6 Å². The van der Waals surface area contributed by atoms with Crippen molar-refractivity contribution in [3.8, 4) is 0 Å². The molecule has 0 aliphatic heterocycles. The number of hydrogen-bond donors (Lipinski definition) is 1. The molecule has 0 saturated heterocycles. The molecular formula is C26H38N2O2. The lowest BCUT2D eigenvalue weighted by molar-refractivity contribution is -0.114. The Kier molecular flexibility index (Phi) is 11.9. The van der Waals surface area contributed by atoms with Crippen molar-refractivity contribution in [1.82, 2.24) is 4.90 Å². The molecule has 0 fully saturated rings. The lowest BCUT2D eigenvalue weighted by Crippen LogP contribution is -2.25. The Balaban J connectivity index is 1.77. The molecular weight excluding hydrogens is 372 g/mol. The largest absolute Gasteiger partial charge is 0.385 e. The number of unbranched alkanes of at least 4 members (excludes halogenated alkanes) is 4. The second kappa shape index (κ2) is 14.8. The second-order valence-electron chi connectivity index (χ2n) is 8.00. The molecule has 4 nitrogen and oxygen atoms in total. The molecule has 0 unspecified atom stereocenters. The first-order valence-electron chi connectivity index (χ1n) is 11.3. The molecule has 0 saturated carbocycles. The molecule has 1 N–H and O–H groups in total. The van der Waals surface area contributed by atoms with E-state index in [1.54, 1.807) is 7.11 Å². The molecule has 0 aliphatic rings. The monoisotopic (exact) mass is 410 g/mol. The van der Waals surface area contributed by atoms with Crippen molar-refractivity contribution in [3.05, 3.63) is 65.7 Å². The number of nitrogens with zero attached hydrogens (tertiary/aromatic N) is 1. The van der Waals surface area contributed by atoms with Gasteiger partial charge in [0.2, 0.25) is 5.91 Å². The van der Waals surface area contributed by atoms with Crippen LogP contribution in [0.25, 0.3) is 0 Å². The van der Waals surface area contributed by atoms with Crippen molar-refractivity contribution in [2.75, 3.05) is 32.1 Å². The van der Waals surface area contributed by atoms with Crippen LogP contribution in [0.5, 0.6) is 0 Å². The van der Waals surface area contributed by atoms with E-state index >= 15 is 0 Å². The van der Waals surface area contributed by atoms with Gasteiger partial charge < -0.3 is 10.1 Å². The molecule has 1 amide bonds. The number of anilines is 1. The fourth-order valence-electron chi connectivity index (χ4n) is 3.67. The summed E-state index contributed by atoms with van der Waals surface area (Å²) in [5.74, 6) is -0.0315. The first-order chi connectivity index (χ1) is 14.7. The van der Waals surface area contributed by atoms with Gasteiger partial charge in [-0.3, -0.25) is 9.69 Å². The van der Waals surface area contributed by atoms with Crippen molar-refractivity contribution in [2.24, 2.45) is 0 Å². The van der Waals surface area contributed by atoms with E-state index in [1.807, 2.05) is 12.1 Å². The van der Waals surface area contributed by atoms with Crippen molar-refractivity contribution >= 4 is 11.6 Å². The Morgan fingerprint density at radius 3 is 2.13 bits per heavy atom. The van der Waals surface area contributed by atoms with Crippen LogP contribution in [0.1, 0.15) is 56.6 Å². The Hall–Kier alpha value is -2.17. The van der Waals surface area contributed by atoms with Gasteiger partial charge in [-0.05, 0) is 74.9 Å². The summed E-state index contributed by atoms with van der Waals surface area (Å²) in [6.07, 6.45) is 8.45. The van der Waals surface area contributed by atoms with Crippen LogP contribution in [0, 0.1) is 0 Å². The maximum atomic E-state index is 11.2. The molecule has 2 aromatic rings. The molecule has 164 valence electrons. The number of aryl methyl sites for hydroxylation is 1. The van der Waals surface area contributed by atoms with E-state index in [0.29, 0.717) is 0 Å². The fourth-order valence-corrected chi connectivity index (χ4v) is 3.67. The van der Waals surface area contributed by atoms with Crippen LogP contribution in [0.3, 0.4) is 0 Å². The minimum Gasteiger partial charge on any atom is -0.385 e. The Bertz CT molecular complexity index is 701. The number of rotatable bonds is 15. The van der Waals surface area contributed by atoms with E-state index in [0.717, 1.165) is 38.3 Å². The predicted molar refractivity (Wildman–Crippen MR) is 126 cm³/mol. The van der Waals surface area contributed by atoms with Crippen LogP contribution in [-0.4, -0.2) is 37.6 Å². The number of carbonyl (C=O) groups is 1. The lowest BCUT2D eigenvalue weighted by Gasteiger charge is -2.23. The molecule has 0 heterocycles. The zero-order valence-electron chi connectivity index (χ0n) is 18.7. The summed E-state index contributed by atoms with van der Waals surface area (Å²) in [5, 5.41) is 2.84. The Morgan fingerprint density at radius 2 is 1.50 bits per heavy atom. The van der Waals surface area contributed by atoms with E-state index in [-0.39, 0.29) is 5.91 Å². The van der Waals surface area contributed by atoms with Crippen LogP contribution in [-0.2, 0) is 22.5 Å². The number of nitrogens with one attached hydrogen (secondary N) is 1. The van der Waals surface area contributed by atoms with Gasteiger partial charge in [-0.25, -0.2) is 0 Å². The molecule has 2 aromatic carbocycles. The number of ether oxygens (including phenoxy) is 1.